The zero-order chi connectivity index (χ0) is 13.1. The van der Waals surface area contributed by atoms with Crippen molar-refractivity contribution in [2.75, 3.05) is 12.3 Å². The molecule has 1 atom stereocenters. The summed E-state index contributed by atoms with van der Waals surface area (Å²) in [6, 6.07) is 7.75. The molecule has 5 heteroatoms. The summed E-state index contributed by atoms with van der Waals surface area (Å²) in [5.74, 6) is 1.56. The average molecular weight is 274 g/mol. The molecule has 98 valence electrons. The highest BCUT2D eigenvalue weighted by molar-refractivity contribution is 8.00. The summed E-state index contributed by atoms with van der Waals surface area (Å²) < 4.78 is 5.42. The zero-order valence-corrected chi connectivity index (χ0v) is 11.2. The van der Waals surface area contributed by atoms with Crippen LogP contribution in [0.1, 0.15) is 16.7 Å². The van der Waals surface area contributed by atoms with E-state index in [4.69, 9.17) is 4.42 Å². The van der Waals surface area contributed by atoms with Gasteiger partial charge in [0, 0.05) is 18.9 Å². The summed E-state index contributed by atoms with van der Waals surface area (Å²) in [5.41, 5.74) is 1.19. The van der Waals surface area contributed by atoms with Crippen LogP contribution in [-0.4, -0.2) is 28.1 Å². The van der Waals surface area contributed by atoms with Gasteiger partial charge in [0.1, 0.15) is 11.1 Å². The monoisotopic (exact) mass is 274 g/mol. The third-order valence-corrected chi connectivity index (χ3v) is 4.36. The van der Waals surface area contributed by atoms with Crippen LogP contribution in [0.5, 0.6) is 0 Å². The lowest BCUT2D eigenvalue weighted by atomic mass is 10.2. The van der Waals surface area contributed by atoms with Gasteiger partial charge in [0.15, 0.2) is 0 Å². The van der Waals surface area contributed by atoms with Gasteiger partial charge in [-0.1, -0.05) is 0 Å². The first-order chi connectivity index (χ1) is 9.34. The summed E-state index contributed by atoms with van der Waals surface area (Å²) in [5, 5.41) is 0.0179. The molecule has 0 N–H and O–H groups in total. The van der Waals surface area contributed by atoms with Crippen molar-refractivity contribution in [2.45, 2.75) is 11.8 Å². The molecular weight excluding hydrogens is 260 g/mol. The van der Waals surface area contributed by atoms with Gasteiger partial charge in [0.2, 0.25) is 5.91 Å². The SMILES string of the molecule is O=C1CSC(c2ccco2)N1CCc1ccncc1. The number of amides is 1. The van der Waals surface area contributed by atoms with Crippen molar-refractivity contribution in [1.29, 1.82) is 0 Å². The summed E-state index contributed by atoms with van der Waals surface area (Å²) in [6.45, 7) is 0.710. The van der Waals surface area contributed by atoms with E-state index in [1.807, 2.05) is 29.2 Å². The molecule has 0 aromatic carbocycles. The minimum Gasteiger partial charge on any atom is -0.466 e. The van der Waals surface area contributed by atoms with Gasteiger partial charge in [0.05, 0.1) is 12.0 Å². The zero-order valence-electron chi connectivity index (χ0n) is 10.4. The van der Waals surface area contributed by atoms with Crippen molar-refractivity contribution in [3.05, 3.63) is 54.2 Å². The second-order valence-electron chi connectivity index (χ2n) is 4.37. The lowest BCUT2D eigenvalue weighted by Gasteiger charge is -2.22. The van der Waals surface area contributed by atoms with Crippen molar-refractivity contribution in [3.63, 3.8) is 0 Å². The van der Waals surface area contributed by atoms with E-state index in [2.05, 4.69) is 4.98 Å². The first kappa shape index (κ1) is 12.3. The second-order valence-corrected chi connectivity index (χ2v) is 5.44. The molecule has 1 unspecified atom stereocenters. The van der Waals surface area contributed by atoms with E-state index in [-0.39, 0.29) is 11.3 Å². The predicted octanol–water partition coefficient (Wildman–Crippen LogP) is 2.49. The van der Waals surface area contributed by atoms with Crippen molar-refractivity contribution >= 4 is 17.7 Å². The lowest BCUT2D eigenvalue weighted by Crippen LogP contribution is -2.30. The Hall–Kier alpha value is -1.75. The standard InChI is InChI=1S/C14H14N2O2S/c17-13-10-19-14(12-2-1-9-18-12)16(13)8-5-11-3-6-15-7-4-11/h1-4,6-7,9,14H,5,8,10H2. The van der Waals surface area contributed by atoms with Gasteiger partial charge in [-0.15, -0.1) is 11.8 Å². The second kappa shape index (κ2) is 5.48. The number of carbonyl (C=O) groups excluding carboxylic acids is 1. The lowest BCUT2D eigenvalue weighted by molar-refractivity contribution is -0.128. The molecule has 0 saturated carbocycles. The van der Waals surface area contributed by atoms with Gasteiger partial charge < -0.3 is 9.32 Å². The van der Waals surface area contributed by atoms with Gasteiger partial charge in [-0.2, -0.15) is 0 Å². The number of nitrogens with zero attached hydrogens (tertiary/aromatic N) is 2. The highest BCUT2D eigenvalue weighted by atomic mass is 32.2. The molecule has 1 saturated heterocycles. The molecule has 0 bridgehead atoms. The van der Waals surface area contributed by atoms with E-state index in [0.717, 1.165) is 12.2 Å². The maximum atomic E-state index is 12.0. The van der Waals surface area contributed by atoms with Crippen LogP contribution >= 0.6 is 11.8 Å². The quantitative estimate of drug-likeness (QED) is 0.859. The normalized spacial score (nSPS) is 19.1. The molecule has 0 aliphatic carbocycles. The number of pyridine rings is 1. The summed E-state index contributed by atoms with van der Waals surface area (Å²) >= 11 is 1.62. The number of hydrogen-bond acceptors (Lipinski definition) is 4. The maximum Gasteiger partial charge on any atom is 0.233 e. The fourth-order valence-corrected chi connectivity index (χ4v) is 3.33. The van der Waals surface area contributed by atoms with Crippen molar-refractivity contribution in [1.82, 2.24) is 9.88 Å². The highest BCUT2D eigenvalue weighted by Crippen LogP contribution is 2.38. The van der Waals surface area contributed by atoms with Crippen LogP contribution in [0.3, 0.4) is 0 Å². The van der Waals surface area contributed by atoms with E-state index in [9.17, 15) is 4.79 Å². The fraction of sp³-hybridized carbons (Fsp3) is 0.286. The molecule has 0 radical (unpaired) electrons. The molecule has 2 aromatic rings. The molecular formula is C14H14N2O2S. The van der Waals surface area contributed by atoms with Gasteiger partial charge >= 0.3 is 0 Å². The Morgan fingerprint density at radius 3 is 2.95 bits per heavy atom. The van der Waals surface area contributed by atoms with Crippen molar-refractivity contribution in [2.24, 2.45) is 0 Å². The third-order valence-electron chi connectivity index (χ3n) is 3.15. The number of rotatable bonds is 4. The van der Waals surface area contributed by atoms with Gasteiger partial charge in [-0.25, -0.2) is 0 Å². The Bertz CT molecular complexity index is 542. The van der Waals surface area contributed by atoms with E-state index in [1.165, 1.54) is 5.56 Å². The Morgan fingerprint density at radius 1 is 1.37 bits per heavy atom. The Morgan fingerprint density at radius 2 is 2.21 bits per heavy atom. The predicted molar refractivity (Wildman–Crippen MR) is 73.6 cm³/mol. The topological polar surface area (TPSA) is 46.3 Å². The first-order valence-corrected chi connectivity index (χ1v) is 7.23. The van der Waals surface area contributed by atoms with Crippen LogP contribution < -0.4 is 0 Å². The van der Waals surface area contributed by atoms with E-state index in [0.29, 0.717) is 12.3 Å². The van der Waals surface area contributed by atoms with E-state index >= 15 is 0 Å². The first-order valence-electron chi connectivity index (χ1n) is 6.18. The number of hydrogen-bond donors (Lipinski definition) is 0. The van der Waals surface area contributed by atoms with E-state index < -0.39 is 0 Å². The molecule has 1 fully saturated rings. The number of thioether (sulfide) groups is 1. The van der Waals surface area contributed by atoms with Gasteiger partial charge in [0.25, 0.3) is 0 Å². The van der Waals surface area contributed by atoms with Crippen molar-refractivity contribution < 1.29 is 9.21 Å². The summed E-state index contributed by atoms with van der Waals surface area (Å²) in [4.78, 5) is 17.8. The summed E-state index contributed by atoms with van der Waals surface area (Å²) in [6.07, 6.45) is 6.05. The molecule has 19 heavy (non-hydrogen) atoms. The smallest absolute Gasteiger partial charge is 0.233 e. The molecule has 1 amide bonds. The minimum atomic E-state index is 0.0179. The van der Waals surface area contributed by atoms with Crippen LogP contribution in [0.2, 0.25) is 0 Å². The fourth-order valence-electron chi connectivity index (χ4n) is 2.16. The van der Waals surface area contributed by atoms with Crippen LogP contribution in [-0.2, 0) is 11.2 Å². The number of furan rings is 1. The minimum absolute atomic E-state index is 0.0179. The molecule has 3 heterocycles. The molecule has 4 nitrogen and oxygen atoms in total. The molecule has 0 spiro atoms. The van der Waals surface area contributed by atoms with Crippen LogP contribution in [0.25, 0.3) is 0 Å². The van der Waals surface area contributed by atoms with Crippen molar-refractivity contribution in [3.8, 4) is 0 Å². The molecule has 2 aromatic heterocycles. The highest BCUT2D eigenvalue weighted by Gasteiger charge is 2.33. The Labute approximate surface area is 115 Å². The summed E-state index contributed by atoms with van der Waals surface area (Å²) in [7, 11) is 0. The van der Waals surface area contributed by atoms with Gasteiger partial charge in [-0.3, -0.25) is 9.78 Å². The van der Waals surface area contributed by atoms with E-state index in [1.54, 1.807) is 30.4 Å². The number of aromatic nitrogens is 1. The Kier molecular flexibility index (Phi) is 3.55. The van der Waals surface area contributed by atoms with Crippen LogP contribution in [0, 0.1) is 0 Å². The van der Waals surface area contributed by atoms with Crippen LogP contribution in [0.15, 0.2) is 47.3 Å². The largest absolute Gasteiger partial charge is 0.466 e. The average Bonchev–Trinajstić information content (AvgIpc) is 3.07. The molecule has 1 aliphatic rings. The molecule has 1 aliphatic heterocycles. The Balaban J connectivity index is 1.69. The maximum absolute atomic E-state index is 12.0. The number of carbonyl (C=O) groups is 1. The third kappa shape index (κ3) is 2.66. The molecule has 3 rings (SSSR count). The van der Waals surface area contributed by atoms with Crippen LogP contribution in [0.4, 0.5) is 0 Å². The van der Waals surface area contributed by atoms with Gasteiger partial charge in [-0.05, 0) is 36.2 Å².